The van der Waals surface area contributed by atoms with Gasteiger partial charge in [-0.25, -0.2) is 0 Å². The van der Waals surface area contributed by atoms with Crippen LogP contribution in [0, 0.1) is 0 Å². The predicted molar refractivity (Wildman–Crippen MR) is 81.8 cm³/mol. The third-order valence-electron chi connectivity index (χ3n) is 3.09. The zero-order valence-corrected chi connectivity index (χ0v) is 12.2. The summed E-state index contributed by atoms with van der Waals surface area (Å²) in [4.78, 5) is 15.0. The Labute approximate surface area is 118 Å². The van der Waals surface area contributed by atoms with Gasteiger partial charge in [0.05, 0.1) is 0 Å². The first-order valence-corrected chi connectivity index (χ1v) is 8.18. The largest absolute Gasteiger partial charge is 0.368 e. The summed E-state index contributed by atoms with van der Waals surface area (Å²) in [6, 6.07) is 0. The smallest absolute Gasteiger partial charge is 0.231 e. The molecule has 0 bridgehead atoms. The minimum Gasteiger partial charge on any atom is -0.368 e. The van der Waals surface area contributed by atoms with E-state index in [1.54, 1.807) is 0 Å². The number of piperidine rings is 1. The second-order valence-electron chi connectivity index (χ2n) is 4.64. The summed E-state index contributed by atoms with van der Waals surface area (Å²) in [5, 5.41) is 3.22. The Morgan fingerprint density at radius 1 is 1.21 bits per heavy atom. The van der Waals surface area contributed by atoms with Gasteiger partial charge in [0.25, 0.3) is 0 Å². The second kappa shape index (κ2) is 7.37. The van der Waals surface area contributed by atoms with Crippen LogP contribution in [0.1, 0.15) is 25.7 Å². The van der Waals surface area contributed by atoms with Crippen molar-refractivity contribution >= 4 is 29.6 Å². The van der Waals surface area contributed by atoms with Gasteiger partial charge in [0.1, 0.15) is 0 Å². The van der Waals surface area contributed by atoms with E-state index in [9.17, 15) is 0 Å². The maximum atomic E-state index is 5.76. The van der Waals surface area contributed by atoms with Gasteiger partial charge in [-0.15, -0.1) is 0 Å². The molecule has 3 N–H and O–H groups in total. The lowest BCUT2D eigenvalue weighted by atomic mass is 10.1. The third kappa shape index (κ3) is 4.41. The van der Waals surface area contributed by atoms with Crippen LogP contribution in [-0.4, -0.2) is 46.6 Å². The van der Waals surface area contributed by atoms with E-state index in [1.165, 1.54) is 19.3 Å². The Morgan fingerprint density at radius 3 is 2.74 bits per heavy atom. The fraction of sp³-hybridized carbons (Fsp3) is 0.750. The minimum atomic E-state index is 0.294. The first kappa shape index (κ1) is 14.2. The van der Waals surface area contributed by atoms with E-state index in [2.05, 4.69) is 31.4 Å². The van der Waals surface area contributed by atoms with Crippen molar-refractivity contribution in [3.05, 3.63) is 0 Å². The highest BCUT2D eigenvalue weighted by Gasteiger charge is 2.15. The standard InChI is InChI=1S/C12H22N6S/c1-19-9-5-6-14-11-15-10(13)16-12(17-11)18-7-3-2-4-8-18/h2-9H2,1H3,(H3,13,14,15,16,17). The Bertz CT molecular complexity index is 394. The molecule has 2 rings (SSSR count). The molecule has 0 saturated carbocycles. The van der Waals surface area contributed by atoms with Crippen LogP contribution in [0.15, 0.2) is 0 Å². The van der Waals surface area contributed by atoms with Gasteiger partial charge in [-0.3, -0.25) is 0 Å². The SMILES string of the molecule is CSCCCNc1nc(N)nc(N2CCCCC2)n1. The summed E-state index contributed by atoms with van der Waals surface area (Å²) in [6.07, 6.45) is 6.88. The van der Waals surface area contributed by atoms with Crippen molar-refractivity contribution in [2.45, 2.75) is 25.7 Å². The molecule has 0 amide bonds. The monoisotopic (exact) mass is 282 g/mol. The topological polar surface area (TPSA) is 80.0 Å². The highest BCUT2D eigenvalue weighted by molar-refractivity contribution is 7.98. The van der Waals surface area contributed by atoms with Crippen molar-refractivity contribution in [2.75, 3.05) is 47.6 Å². The molecule has 6 nitrogen and oxygen atoms in total. The fourth-order valence-corrected chi connectivity index (χ4v) is 2.54. The van der Waals surface area contributed by atoms with E-state index in [1.807, 2.05) is 11.8 Å². The first-order chi connectivity index (χ1) is 9.29. The molecular formula is C12H22N6S. The fourth-order valence-electron chi connectivity index (χ4n) is 2.11. The number of thioether (sulfide) groups is 1. The van der Waals surface area contributed by atoms with E-state index >= 15 is 0 Å². The molecule has 1 aliphatic heterocycles. The van der Waals surface area contributed by atoms with Crippen LogP contribution in [-0.2, 0) is 0 Å². The van der Waals surface area contributed by atoms with E-state index in [0.29, 0.717) is 17.8 Å². The van der Waals surface area contributed by atoms with Gasteiger partial charge in [0, 0.05) is 19.6 Å². The summed E-state index contributed by atoms with van der Waals surface area (Å²) in [6.45, 7) is 2.88. The van der Waals surface area contributed by atoms with Gasteiger partial charge < -0.3 is 16.0 Å². The Hall–Kier alpha value is -1.24. The number of rotatable bonds is 6. The molecule has 0 aromatic carbocycles. The number of nitrogens with two attached hydrogens (primary N) is 1. The maximum absolute atomic E-state index is 5.76. The quantitative estimate of drug-likeness (QED) is 0.767. The van der Waals surface area contributed by atoms with Gasteiger partial charge in [-0.05, 0) is 37.7 Å². The Morgan fingerprint density at radius 2 is 2.00 bits per heavy atom. The molecule has 0 radical (unpaired) electrons. The summed E-state index contributed by atoms with van der Waals surface area (Å²) < 4.78 is 0. The number of hydrogen-bond acceptors (Lipinski definition) is 7. The highest BCUT2D eigenvalue weighted by atomic mass is 32.2. The number of anilines is 3. The number of hydrogen-bond donors (Lipinski definition) is 2. The van der Waals surface area contributed by atoms with Crippen LogP contribution in [0.25, 0.3) is 0 Å². The first-order valence-electron chi connectivity index (χ1n) is 6.79. The molecule has 1 aromatic rings. The van der Waals surface area contributed by atoms with E-state index in [-0.39, 0.29) is 0 Å². The van der Waals surface area contributed by atoms with Gasteiger partial charge in [-0.1, -0.05) is 0 Å². The zero-order valence-electron chi connectivity index (χ0n) is 11.4. The van der Waals surface area contributed by atoms with Crippen LogP contribution < -0.4 is 16.0 Å². The van der Waals surface area contributed by atoms with Gasteiger partial charge >= 0.3 is 0 Å². The molecule has 1 saturated heterocycles. The third-order valence-corrected chi connectivity index (χ3v) is 3.79. The molecule has 1 aromatic heterocycles. The van der Waals surface area contributed by atoms with Gasteiger partial charge in [0.15, 0.2) is 0 Å². The predicted octanol–water partition coefficient (Wildman–Crippen LogP) is 1.61. The lowest BCUT2D eigenvalue weighted by molar-refractivity contribution is 0.568. The van der Waals surface area contributed by atoms with Gasteiger partial charge in [0.2, 0.25) is 17.8 Å². The van der Waals surface area contributed by atoms with Crippen molar-refractivity contribution in [3.63, 3.8) is 0 Å². The molecule has 106 valence electrons. The number of nitrogen functional groups attached to an aromatic ring is 1. The molecule has 2 heterocycles. The van der Waals surface area contributed by atoms with Crippen molar-refractivity contribution in [1.29, 1.82) is 0 Å². The van der Waals surface area contributed by atoms with Crippen molar-refractivity contribution in [3.8, 4) is 0 Å². The van der Waals surface area contributed by atoms with Crippen LogP contribution in [0.5, 0.6) is 0 Å². The van der Waals surface area contributed by atoms with E-state index < -0.39 is 0 Å². The van der Waals surface area contributed by atoms with Crippen LogP contribution in [0.2, 0.25) is 0 Å². The highest BCUT2D eigenvalue weighted by Crippen LogP contribution is 2.17. The summed E-state index contributed by atoms with van der Waals surface area (Å²) in [5.74, 6) is 2.73. The minimum absolute atomic E-state index is 0.294. The molecule has 0 unspecified atom stereocenters. The molecule has 1 aliphatic rings. The average Bonchev–Trinajstić information content (AvgIpc) is 2.44. The number of aromatic nitrogens is 3. The van der Waals surface area contributed by atoms with E-state index in [4.69, 9.17) is 5.73 Å². The number of nitrogens with zero attached hydrogens (tertiary/aromatic N) is 4. The lowest BCUT2D eigenvalue weighted by Gasteiger charge is -2.26. The lowest BCUT2D eigenvalue weighted by Crippen LogP contribution is -2.31. The second-order valence-corrected chi connectivity index (χ2v) is 5.62. The molecule has 7 heteroatoms. The molecule has 1 fully saturated rings. The molecule has 19 heavy (non-hydrogen) atoms. The molecule has 0 spiro atoms. The molecule has 0 atom stereocenters. The summed E-state index contributed by atoms with van der Waals surface area (Å²) in [7, 11) is 0. The van der Waals surface area contributed by atoms with E-state index in [0.717, 1.165) is 31.8 Å². The average molecular weight is 282 g/mol. The Balaban J connectivity index is 1.97. The Kier molecular flexibility index (Phi) is 5.50. The molecular weight excluding hydrogens is 260 g/mol. The van der Waals surface area contributed by atoms with Crippen molar-refractivity contribution < 1.29 is 0 Å². The van der Waals surface area contributed by atoms with Crippen LogP contribution >= 0.6 is 11.8 Å². The van der Waals surface area contributed by atoms with Crippen molar-refractivity contribution in [1.82, 2.24) is 15.0 Å². The summed E-state index contributed by atoms with van der Waals surface area (Å²) in [5.41, 5.74) is 5.76. The molecule has 0 aliphatic carbocycles. The van der Waals surface area contributed by atoms with Crippen LogP contribution in [0.4, 0.5) is 17.8 Å². The maximum Gasteiger partial charge on any atom is 0.231 e. The number of nitrogens with one attached hydrogen (secondary N) is 1. The normalized spacial score (nSPS) is 15.5. The zero-order chi connectivity index (χ0) is 13.5. The van der Waals surface area contributed by atoms with Gasteiger partial charge in [-0.2, -0.15) is 26.7 Å². The van der Waals surface area contributed by atoms with Crippen LogP contribution in [0.3, 0.4) is 0 Å². The summed E-state index contributed by atoms with van der Waals surface area (Å²) >= 11 is 1.84. The van der Waals surface area contributed by atoms with Crippen molar-refractivity contribution in [2.24, 2.45) is 0 Å².